The summed E-state index contributed by atoms with van der Waals surface area (Å²) in [6.07, 6.45) is -19.1. The number of carbonyl (C=O) groups excluding carboxylic acids is 1. The third-order valence-electron chi connectivity index (χ3n) is 2.69. The topological polar surface area (TPSA) is 47.6 Å². The maximum Gasteiger partial charge on any atom is 0.220 e. The number of rotatable bonds is 4. The molecular formula is C16H21NO3. The third kappa shape index (κ3) is 2.74. The SMILES string of the molecule is [2H]c1c([2H])c(C2CNC(=O)C2([2H])[2H])c([2H])c(OC2C([2H])([2H])C([2H])([2H])C([2H])([2H])C2([2H])[2H])c1OC([2H])([2H])[2H]. The number of nitrogens with one attached hydrogen (secondary N) is 1. The van der Waals surface area contributed by atoms with Crippen LogP contribution in [0.4, 0.5) is 0 Å². The first-order valence-corrected chi connectivity index (χ1v) is 5.72. The molecule has 1 aliphatic carbocycles. The Balaban J connectivity index is 2.31. The Morgan fingerprint density at radius 2 is 2.25 bits per heavy atom. The van der Waals surface area contributed by atoms with Crippen LogP contribution in [-0.2, 0) is 4.79 Å². The van der Waals surface area contributed by atoms with Gasteiger partial charge in [0.05, 0.1) is 21.4 Å². The Bertz CT molecular complexity index is 1070. The smallest absolute Gasteiger partial charge is 0.220 e. The Kier molecular flexibility index (Phi) is 1.19. The van der Waals surface area contributed by atoms with Crippen LogP contribution in [0.3, 0.4) is 0 Å². The molecule has 0 aromatic heterocycles. The molecule has 108 valence electrons. The molecule has 1 saturated heterocycles. The average Bonchev–Trinajstić information content (AvgIpc) is 2.99. The first-order chi connectivity index (χ1) is 15.9. The predicted octanol–water partition coefficient (Wildman–Crippen LogP) is 2.62. The zero-order valence-corrected chi connectivity index (χ0v) is 10.1. The van der Waals surface area contributed by atoms with Crippen molar-refractivity contribution in [2.24, 2.45) is 0 Å². The first kappa shape index (κ1) is 4.15. The van der Waals surface area contributed by atoms with Gasteiger partial charge in [-0.05, 0) is 43.1 Å². The Labute approximate surface area is 141 Å². The summed E-state index contributed by atoms with van der Waals surface area (Å²) in [6, 6.07) is -2.99. The van der Waals surface area contributed by atoms with Gasteiger partial charge in [0.15, 0.2) is 11.5 Å². The summed E-state index contributed by atoms with van der Waals surface area (Å²) in [6.45, 7) is -0.432. The Morgan fingerprint density at radius 3 is 2.95 bits per heavy atom. The molecule has 3 rings (SSSR count). The summed E-state index contributed by atoms with van der Waals surface area (Å²) in [4.78, 5) is 12.0. The van der Waals surface area contributed by atoms with E-state index in [1.165, 1.54) is 0 Å². The van der Waals surface area contributed by atoms with Crippen LogP contribution >= 0.6 is 0 Å². The van der Waals surface area contributed by atoms with E-state index in [0.29, 0.717) is 0 Å². The maximum atomic E-state index is 12.0. The second-order valence-electron chi connectivity index (χ2n) is 3.99. The van der Waals surface area contributed by atoms with Crippen LogP contribution in [0.1, 0.15) is 65.3 Å². The summed E-state index contributed by atoms with van der Waals surface area (Å²) in [5.41, 5.74) is -0.624. The van der Waals surface area contributed by atoms with Gasteiger partial charge < -0.3 is 14.8 Å². The van der Waals surface area contributed by atoms with Gasteiger partial charge in [-0.25, -0.2) is 0 Å². The van der Waals surface area contributed by atoms with Crippen LogP contribution in [0.2, 0.25) is 0 Å². The van der Waals surface area contributed by atoms with Crippen LogP contribution in [0, 0.1) is 0 Å². The highest BCUT2D eigenvalue weighted by Gasteiger charge is 2.25. The minimum Gasteiger partial charge on any atom is -0.493 e. The zero-order valence-electron chi connectivity index (χ0n) is 26.1. The lowest BCUT2D eigenvalue weighted by Gasteiger charge is -2.18. The molecule has 1 amide bonds. The van der Waals surface area contributed by atoms with E-state index in [-0.39, 0.29) is 0 Å². The van der Waals surface area contributed by atoms with Crippen LogP contribution < -0.4 is 14.8 Å². The summed E-state index contributed by atoms with van der Waals surface area (Å²) in [5.74, 6) is -4.92. The second-order valence-corrected chi connectivity index (χ2v) is 3.99. The number of benzene rings is 1. The van der Waals surface area contributed by atoms with E-state index in [1.807, 2.05) is 0 Å². The van der Waals surface area contributed by atoms with E-state index in [4.69, 9.17) is 31.4 Å². The molecule has 1 N–H and O–H groups in total. The molecule has 1 aromatic rings. The molecule has 4 heteroatoms. The van der Waals surface area contributed by atoms with Crippen molar-refractivity contribution in [1.82, 2.24) is 5.32 Å². The number of hydrogen-bond acceptors (Lipinski definition) is 3. The molecule has 1 aromatic carbocycles. The van der Waals surface area contributed by atoms with E-state index in [1.54, 1.807) is 0 Å². The zero-order chi connectivity index (χ0) is 28.0. The van der Waals surface area contributed by atoms with Gasteiger partial charge in [0.1, 0.15) is 0 Å². The summed E-state index contributed by atoms with van der Waals surface area (Å²) in [5, 5.41) is 2.20. The normalized spacial score (nSPS) is 47.8. The van der Waals surface area contributed by atoms with Gasteiger partial charge >= 0.3 is 0 Å². The number of carbonyl (C=O) groups is 1. The van der Waals surface area contributed by atoms with Crippen molar-refractivity contribution < 1.29 is 36.2 Å². The van der Waals surface area contributed by atoms with E-state index in [0.717, 1.165) is 0 Å². The highest BCUT2D eigenvalue weighted by Crippen LogP contribution is 2.35. The van der Waals surface area contributed by atoms with Crippen LogP contribution in [0.5, 0.6) is 11.5 Å². The first-order valence-electron chi connectivity index (χ1n) is 13.7. The van der Waals surface area contributed by atoms with Gasteiger partial charge in [0.2, 0.25) is 5.91 Å². The summed E-state index contributed by atoms with van der Waals surface area (Å²) in [7, 11) is -3.31. The monoisotopic (exact) mass is 291 g/mol. The number of ether oxygens (including phenoxy) is 2. The molecule has 1 saturated carbocycles. The molecule has 4 nitrogen and oxygen atoms in total. The molecule has 0 spiro atoms. The highest BCUT2D eigenvalue weighted by atomic mass is 16.5. The van der Waals surface area contributed by atoms with Gasteiger partial charge in [0.25, 0.3) is 0 Å². The quantitative estimate of drug-likeness (QED) is 0.927. The predicted molar refractivity (Wildman–Crippen MR) is 76.2 cm³/mol. The van der Waals surface area contributed by atoms with Crippen molar-refractivity contribution in [3.05, 3.63) is 23.7 Å². The molecule has 1 aliphatic heterocycles. The molecular weight excluding hydrogens is 254 g/mol. The number of amides is 1. The van der Waals surface area contributed by atoms with Gasteiger partial charge in [-0.15, -0.1) is 0 Å². The second kappa shape index (κ2) is 5.73. The van der Waals surface area contributed by atoms with Gasteiger partial charge in [-0.2, -0.15) is 0 Å². The Morgan fingerprint density at radius 1 is 1.40 bits per heavy atom. The molecule has 1 atom stereocenters. The third-order valence-corrected chi connectivity index (χ3v) is 2.69. The fourth-order valence-corrected chi connectivity index (χ4v) is 1.77. The summed E-state index contributed by atoms with van der Waals surface area (Å²) >= 11 is 0. The molecule has 0 radical (unpaired) electrons. The highest BCUT2D eigenvalue weighted by molar-refractivity contribution is 5.79. The molecule has 1 unspecified atom stereocenters. The lowest BCUT2D eigenvalue weighted by Crippen LogP contribution is -2.14. The van der Waals surface area contributed by atoms with E-state index in [9.17, 15) is 4.79 Å². The minimum atomic E-state index is -3.48. The lowest BCUT2D eigenvalue weighted by molar-refractivity contribution is -0.119. The van der Waals surface area contributed by atoms with Crippen molar-refractivity contribution in [2.45, 2.75) is 43.9 Å². The van der Waals surface area contributed by atoms with Crippen LogP contribution in [0.15, 0.2) is 18.1 Å². The van der Waals surface area contributed by atoms with Gasteiger partial charge in [-0.3, -0.25) is 4.79 Å². The average molecular weight is 291 g/mol. The van der Waals surface area contributed by atoms with Crippen molar-refractivity contribution in [2.75, 3.05) is 13.6 Å². The fourth-order valence-electron chi connectivity index (χ4n) is 1.77. The van der Waals surface area contributed by atoms with E-state index < -0.39 is 98.6 Å². The summed E-state index contributed by atoms with van der Waals surface area (Å²) < 4.78 is 137. The fraction of sp³-hybridized carbons (Fsp3) is 0.562. The van der Waals surface area contributed by atoms with Crippen molar-refractivity contribution in [1.29, 1.82) is 0 Å². The standard InChI is InChI=1S/C16H21NO3/c1-19-14-7-6-11(12-9-16(18)17-10-12)8-15(14)20-13-4-2-3-5-13/h6-8,12-13H,2-5,9-10H2,1H3,(H,17,18)/i1D3,2D2,3D2,4D2,5D2,6D,7D,8D,9D2. The van der Waals surface area contributed by atoms with Crippen LogP contribution in [-0.4, -0.2) is 25.6 Å². The molecule has 1 heterocycles. The molecule has 2 fully saturated rings. The van der Waals surface area contributed by atoms with E-state index in [2.05, 4.69) is 5.32 Å². The molecule has 20 heavy (non-hydrogen) atoms. The van der Waals surface area contributed by atoms with Gasteiger partial charge in [0, 0.05) is 32.5 Å². The van der Waals surface area contributed by atoms with Crippen LogP contribution in [0.25, 0.3) is 0 Å². The lowest BCUT2D eigenvalue weighted by atomic mass is 9.98. The Hall–Kier alpha value is -1.71. The number of methoxy groups -OCH3 is 1. The van der Waals surface area contributed by atoms with Crippen molar-refractivity contribution in [3.8, 4) is 11.5 Å². The van der Waals surface area contributed by atoms with Gasteiger partial charge in [-0.1, -0.05) is 6.04 Å². The number of hydrogen-bond donors (Lipinski definition) is 1. The van der Waals surface area contributed by atoms with E-state index >= 15 is 0 Å². The van der Waals surface area contributed by atoms with Crippen molar-refractivity contribution in [3.63, 3.8) is 0 Å². The molecule has 2 aliphatic rings. The van der Waals surface area contributed by atoms with Crippen molar-refractivity contribution >= 4 is 5.91 Å². The maximum absolute atomic E-state index is 12.0. The minimum absolute atomic E-state index is 0.432. The molecule has 0 bridgehead atoms. The largest absolute Gasteiger partial charge is 0.493 e.